The summed E-state index contributed by atoms with van der Waals surface area (Å²) >= 11 is 0. The molecule has 0 aliphatic rings. The van der Waals surface area contributed by atoms with Crippen molar-refractivity contribution in [2.45, 2.75) is 0 Å². The van der Waals surface area contributed by atoms with Crippen LogP contribution in [0.5, 0.6) is 0 Å². The largest absolute Gasteiger partial charge is 0.456 e. The Morgan fingerprint density at radius 2 is 0.889 bits per heavy atom. The molecule has 0 spiro atoms. The van der Waals surface area contributed by atoms with E-state index in [-0.39, 0.29) is 0 Å². The van der Waals surface area contributed by atoms with Crippen LogP contribution in [0, 0.1) is 0 Å². The topological polar surface area (TPSA) is 65.0 Å². The van der Waals surface area contributed by atoms with Crippen LogP contribution in [0.4, 0.5) is 0 Å². The van der Waals surface area contributed by atoms with Crippen molar-refractivity contribution in [2.24, 2.45) is 0 Å². The van der Waals surface area contributed by atoms with Gasteiger partial charge in [-0.25, -0.2) is 15.0 Å². The minimum atomic E-state index is 0.566. The Balaban J connectivity index is 1.11. The van der Waals surface area contributed by atoms with Crippen LogP contribution in [0.15, 0.2) is 173 Å². The summed E-state index contributed by atoms with van der Waals surface area (Å²) in [5.41, 5.74) is 5.92. The van der Waals surface area contributed by atoms with Crippen molar-refractivity contribution in [1.82, 2.24) is 15.0 Å². The molecule has 54 heavy (non-hydrogen) atoms. The molecular formula is C49H27N3O2. The summed E-state index contributed by atoms with van der Waals surface area (Å²) in [5, 5.41) is 13.6. The van der Waals surface area contributed by atoms with Gasteiger partial charge in [0.25, 0.3) is 0 Å². The molecule has 3 heterocycles. The first-order chi connectivity index (χ1) is 26.7. The Kier molecular flexibility index (Phi) is 5.99. The number of rotatable bonds is 3. The molecular weight excluding hydrogens is 663 g/mol. The van der Waals surface area contributed by atoms with Crippen LogP contribution in [0.25, 0.3) is 121 Å². The molecule has 0 unspecified atom stereocenters. The number of furan rings is 2. The van der Waals surface area contributed by atoms with Gasteiger partial charge in [-0.1, -0.05) is 127 Å². The van der Waals surface area contributed by atoms with Crippen LogP contribution >= 0.6 is 0 Å². The third-order valence-electron chi connectivity index (χ3n) is 10.9. The van der Waals surface area contributed by atoms with Crippen molar-refractivity contribution in [2.75, 3.05) is 0 Å². The lowest BCUT2D eigenvalue weighted by Crippen LogP contribution is -2.00. The SMILES string of the molecule is c1ccc2c(c1)ccc1c3cc(-c4nc(-c5ccc6c(c5)oc5c7ccccc7ccc65)nc(-c5cccc6oc7ccccc7c56)n4)ccc3ccc21. The smallest absolute Gasteiger partial charge is 0.164 e. The van der Waals surface area contributed by atoms with Crippen molar-refractivity contribution >= 4 is 87.0 Å². The third kappa shape index (κ3) is 4.30. The molecule has 0 N–H and O–H groups in total. The summed E-state index contributed by atoms with van der Waals surface area (Å²) in [6.07, 6.45) is 0. The second-order valence-electron chi connectivity index (χ2n) is 13.9. The van der Waals surface area contributed by atoms with E-state index in [1.807, 2.05) is 30.3 Å². The number of aromatic nitrogens is 3. The second-order valence-corrected chi connectivity index (χ2v) is 13.9. The van der Waals surface area contributed by atoms with E-state index in [9.17, 15) is 0 Å². The minimum absolute atomic E-state index is 0.566. The van der Waals surface area contributed by atoms with Gasteiger partial charge in [-0.2, -0.15) is 0 Å². The van der Waals surface area contributed by atoms with E-state index in [2.05, 4.69) is 133 Å². The van der Waals surface area contributed by atoms with Crippen molar-refractivity contribution in [3.63, 3.8) is 0 Å². The maximum Gasteiger partial charge on any atom is 0.164 e. The van der Waals surface area contributed by atoms with Crippen LogP contribution < -0.4 is 0 Å². The van der Waals surface area contributed by atoms with Gasteiger partial charge >= 0.3 is 0 Å². The van der Waals surface area contributed by atoms with Crippen molar-refractivity contribution in [1.29, 1.82) is 0 Å². The number of nitrogens with zero attached hydrogens (tertiary/aromatic N) is 3. The van der Waals surface area contributed by atoms with Crippen LogP contribution in [0.3, 0.4) is 0 Å². The Morgan fingerprint density at radius 3 is 1.72 bits per heavy atom. The van der Waals surface area contributed by atoms with E-state index < -0.39 is 0 Å². The molecule has 0 saturated carbocycles. The molecule has 0 bridgehead atoms. The van der Waals surface area contributed by atoms with Crippen LogP contribution in [-0.2, 0) is 0 Å². The summed E-state index contributed by atoms with van der Waals surface area (Å²) in [6, 6.07) is 57.0. The average Bonchev–Trinajstić information content (AvgIpc) is 3.81. The Labute approximate surface area is 307 Å². The van der Waals surface area contributed by atoms with Crippen molar-refractivity contribution in [3.8, 4) is 34.2 Å². The van der Waals surface area contributed by atoms with Crippen LogP contribution in [0.2, 0.25) is 0 Å². The predicted octanol–water partition coefficient (Wildman–Crippen LogP) is 13.3. The highest BCUT2D eigenvalue weighted by Crippen LogP contribution is 2.39. The molecule has 3 aromatic heterocycles. The van der Waals surface area contributed by atoms with E-state index in [1.165, 1.54) is 21.5 Å². The molecule has 0 saturated heterocycles. The first kappa shape index (κ1) is 29.2. The Hall–Kier alpha value is -7.37. The zero-order valence-electron chi connectivity index (χ0n) is 28.7. The Bertz CT molecular complexity index is 3520. The maximum atomic E-state index is 6.59. The molecule has 5 nitrogen and oxygen atoms in total. The Morgan fingerprint density at radius 1 is 0.315 bits per heavy atom. The van der Waals surface area contributed by atoms with Crippen molar-refractivity contribution < 1.29 is 8.83 Å². The number of fused-ring (bicyclic) bond motifs is 13. The highest BCUT2D eigenvalue weighted by atomic mass is 16.3. The average molecular weight is 690 g/mol. The third-order valence-corrected chi connectivity index (χ3v) is 10.9. The van der Waals surface area contributed by atoms with Gasteiger partial charge in [0.15, 0.2) is 17.5 Å². The summed E-state index contributed by atoms with van der Waals surface area (Å²) in [6.45, 7) is 0. The van der Waals surface area contributed by atoms with Crippen LogP contribution in [0.1, 0.15) is 0 Å². The number of hydrogen-bond acceptors (Lipinski definition) is 5. The number of para-hydroxylation sites is 1. The molecule has 12 aromatic rings. The van der Waals surface area contributed by atoms with Gasteiger partial charge in [-0.15, -0.1) is 0 Å². The summed E-state index contributed by atoms with van der Waals surface area (Å²) < 4.78 is 12.9. The first-order valence-electron chi connectivity index (χ1n) is 18.1. The zero-order chi connectivity index (χ0) is 35.3. The van der Waals surface area contributed by atoms with Crippen molar-refractivity contribution in [3.05, 3.63) is 164 Å². The van der Waals surface area contributed by atoms with E-state index in [1.54, 1.807) is 0 Å². The summed E-state index contributed by atoms with van der Waals surface area (Å²) in [5.74, 6) is 1.73. The van der Waals surface area contributed by atoms with Gasteiger partial charge < -0.3 is 8.83 Å². The van der Waals surface area contributed by atoms with Gasteiger partial charge in [-0.05, 0) is 74.1 Å². The fourth-order valence-corrected chi connectivity index (χ4v) is 8.32. The van der Waals surface area contributed by atoms with Gasteiger partial charge in [0, 0.05) is 43.6 Å². The fraction of sp³-hybridized carbons (Fsp3) is 0. The van der Waals surface area contributed by atoms with E-state index >= 15 is 0 Å². The molecule has 5 heteroatoms. The molecule has 0 aliphatic heterocycles. The minimum Gasteiger partial charge on any atom is -0.456 e. The van der Waals surface area contributed by atoms with Gasteiger partial charge in [0.05, 0.1) is 0 Å². The molecule has 12 rings (SSSR count). The molecule has 0 aliphatic carbocycles. The van der Waals surface area contributed by atoms with Crippen LogP contribution in [-0.4, -0.2) is 15.0 Å². The fourth-order valence-electron chi connectivity index (χ4n) is 8.32. The lowest BCUT2D eigenvalue weighted by molar-refractivity contribution is 0.669. The highest BCUT2D eigenvalue weighted by Gasteiger charge is 2.19. The molecule has 0 fully saturated rings. The molecule has 0 atom stereocenters. The zero-order valence-corrected chi connectivity index (χ0v) is 28.7. The molecule has 0 radical (unpaired) electrons. The standard InChI is InChI=1S/C49H27N3O2/c1-3-10-33-28(8-1)18-23-36-35(33)22-19-30-16-17-31(26-41(30)36)47-50-48(52-49(51-47)40-13-7-15-43-45(40)39-12-5-6-14-42(39)53-43)32-21-24-37-38-25-20-29-9-2-4-11-34(29)46(38)54-44(37)27-32/h1-27H. The summed E-state index contributed by atoms with van der Waals surface area (Å²) in [7, 11) is 0. The second kappa shape index (κ2) is 11.1. The first-order valence-corrected chi connectivity index (χ1v) is 18.1. The lowest BCUT2D eigenvalue weighted by Gasteiger charge is -2.11. The highest BCUT2D eigenvalue weighted by molar-refractivity contribution is 6.18. The monoisotopic (exact) mass is 689 g/mol. The summed E-state index contributed by atoms with van der Waals surface area (Å²) in [4.78, 5) is 15.6. The van der Waals surface area contributed by atoms with E-state index in [4.69, 9.17) is 23.8 Å². The number of hydrogen-bond donors (Lipinski definition) is 0. The maximum absolute atomic E-state index is 6.59. The quantitative estimate of drug-likeness (QED) is 0.173. The predicted molar refractivity (Wildman–Crippen MR) is 221 cm³/mol. The molecule has 9 aromatic carbocycles. The van der Waals surface area contributed by atoms with Gasteiger partial charge in [0.2, 0.25) is 0 Å². The molecule has 250 valence electrons. The molecule has 0 amide bonds. The lowest BCUT2D eigenvalue weighted by atomic mass is 9.96. The normalized spacial score (nSPS) is 12.1. The van der Waals surface area contributed by atoms with Gasteiger partial charge in [0.1, 0.15) is 22.3 Å². The van der Waals surface area contributed by atoms with E-state index in [0.29, 0.717) is 17.5 Å². The number of benzene rings is 9. The van der Waals surface area contributed by atoms with Gasteiger partial charge in [-0.3, -0.25) is 0 Å². The van der Waals surface area contributed by atoms with E-state index in [0.717, 1.165) is 82.1 Å².